The molecule has 21 heavy (non-hydrogen) atoms. The molecule has 0 aromatic heterocycles. The van der Waals surface area contributed by atoms with Crippen LogP contribution in [0, 0.1) is 5.92 Å². The molecule has 5 heteroatoms. The predicted molar refractivity (Wildman–Crippen MR) is 78.9 cm³/mol. The zero-order valence-electron chi connectivity index (χ0n) is 12.7. The third kappa shape index (κ3) is 4.04. The molecule has 1 saturated heterocycles. The Morgan fingerprint density at radius 3 is 2.57 bits per heavy atom. The quantitative estimate of drug-likeness (QED) is 0.825. The summed E-state index contributed by atoms with van der Waals surface area (Å²) in [6, 6.07) is 0.0715. The van der Waals surface area contributed by atoms with Gasteiger partial charge in [0.25, 0.3) is 0 Å². The van der Waals surface area contributed by atoms with Gasteiger partial charge in [0.1, 0.15) is 11.8 Å². The molecule has 0 radical (unpaired) electrons. The average molecular weight is 294 g/mol. The third-order valence-corrected chi connectivity index (χ3v) is 4.89. The molecular weight excluding hydrogens is 268 g/mol. The summed E-state index contributed by atoms with van der Waals surface area (Å²) in [6.45, 7) is 2.12. The molecule has 1 N–H and O–H groups in total. The highest BCUT2D eigenvalue weighted by Gasteiger charge is 2.35. The van der Waals surface area contributed by atoms with Gasteiger partial charge < -0.3 is 10.1 Å². The van der Waals surface area contributed by atoms with Crippen molar-refractivity contribution in [1.29, 1.82) is 0 Å². The molecule has 5 nitrogen and oxygen atoms in total. The smallest absolute Gasteiger partial charge is 0.239 e. The van der Waals surface area contributed by atoms with E-state index in [0.29, 0.717) is 38.1 Å². The van der Waals surface area contributed by atoms with Gasteiger partial charge in [-0.3, -0.25) is 14.5 Å². The SMILES string of the molecule is O=C(CN1CCOCC1C(=O)NC1CC1)C1CCCCC1. The largest absolute Gasteiger partial charge is 0.378 e. The average Bonchev–Trinajstić information content (AvgIpc) is 3.32. The first-order valence-electron chi connectivity index (χ1n) is 8.39. The van der Waals surface area contributed by atoms with Crippen molar-refractivity contribution >= 4 is 11.7 Å². The molecule has 2 aliphatic carbocycles. The normalized spacial score (nSPS) is 28.3. The van der Waals surface area contributed by atoms with Crippen LogP contribution >= 0.6 is 0 Å². The minimum atomic E-state index is -0.285. The van der Waals surface area contributed by atoms with Gasteiger partial charge in [0.05, 0.1) is 19.8 Å². The Labute approximate surface area is 126 Å². The van der Waals surface area contributed by atoms with Gasteiger partial charge in [-0.25, -0.2) is 0 Å². The summed E-state index contributed by atoms with van der Waals surface area (Å²) in [4.78, 5) is 26.8. The van der Waals surface area contributed by atoms with E-state index in [1.54, 1.807) is 0 Å². The van der Waals surface area contributed by atoms with E-state index in [4.69, 9.17) is 4.74 Å². The Balaban J connectivity index is 1.55. The minimum Gasteiger partial charge on any atom is -0.378 e. The van der Waals surface area contributed by atoms with Crippen molar-refractivity contribution in [2.75, 3.05) is 26.3 Å². The number of Topliss-reactive ketones (excluding diaryl/α,β-unsaturated/α-hetero) is 1. The van der Waals surface area contributed by atoms with E-state index in [1.807, 2.05) is 4.90 Å². The number of ether oxygens (including phenoxy) is 1. The molecule has 118 valence electrons. The summed E-state index contributed by atoms with van der Waals surface area (Å²) in [5.74, 6) is 0.572. The topological polar surface area (TPSA) is 58.6 Å². The highest BCUT2D eigenvalue weighted by Crippen LogP contribution is 2.25. The maximum absolute atomic E-state index is 12.5. The molecule has 3 fully saturated rings. The number of hydrogen-bond acceptors (Lipinski definition) is 4. The summed E-state index contributed by atoms with van der Waals surface area (Å²) >= 11 is 0. The van der Waals surface area contributed by atoms with Crippen LogP contribution in [0.3, 0.4) is 0 Å². The van der Waals surface area contributed by atoms with E-state index in [9.17, 15) is 9.59 Å². The lowest BCUT2D eigenvalue weighted by atomic mass is 9.86. The van der Waals surface area contributed by atoms with Crippen LogP contribution < -0.4 is 5.32 Å². The second kappa shape index (κ2) is 6.88. The summed E-state index contributed by atoms with van der Waals surface area (Å²) in [7, 11) is 0. The second-order valence-electron chi connectivity index (χ2n) is 6.65. The first-order valence-corrected chi connectivity index (χ1v) is 8.39. The van der Waals surface area contributed by atoms with Gasteiger partial charge in [0.2, 0.25) is 5.91 Å². The van der Waals surface area contributed by atoms with Gasteiger partial charge in [-0.2, -0.15) is 0 Å². The molecule has 2 saturated carbocycles. The van der Waals surface area contributed by atoms with Crippen LogP contribution in [0.4, 0.5) is 0 Å². The molecule has 1 amide bonds. The van der Waals surface area contributed by atoms with Gasteiger partial charge >= 0.3 is 0 Å². The fourth-order valence-corrected chi connectivity index (χ4v) is 3.35. The number of nitrogens with one attached hydrogen (secondary N) is 1. The maximum Gasteiger partial charge on any atom is 0.239 e. The maximum atomic E-state index is 12.5. The zero-order chi connectivity index (χ0) is 14.7. The summed E-state index contributed by atoms with van der Waals surface area (Å²) in [5, 5.41) is 3.03. The first kappa shape index (κ1) is 15.0. The highest BCUT2D eigenvalue weighted by atomic mass is 16.5. The van der Waals surface area contributed by atoms with Crippen LogP contribution in [0.5, 0.6) is 0 Å². The van der Waals surface area contributed by atoms with E-state index in [-0.39, 0.29) is 17.9 Å². The fourth-order valence-electron chi connectivity index (χ4n) is 3.35. The Bertz CT molecular complexity index is 389. The summed E-state index contributed by atoms with van der Waals surface area (Å²) in [5.41, 5.74) is 0. The standard InChI is InChI=1S/C16H26N2O3/c19-15(12-4-2-1-3-5-12)10-18-8-9-21-11-14(18)16(20)17-13-6-7-13/h12-14H,1-11H2,(H,17,20). The zero-order valence-corrected chi connectivity index (χ0v) is 12.7. The molecule has 1 heterocycles. The van der Waals surface area contributed by atoms with Crippen LogP contribution in [-0.4, -0.2) is 55.0 Å². The Morgan fingerprint density at radius 2 is 1.86 bits per heavy atom. The number of rotatable bonds is 5. The van der Waals surface area contributed by atoms with Crippen LogP contribution in [0.2, 0.25) is 0 Å². The van der Waals surface area contributed by atoms with Crippen LogP contribution in [0.1, 0.15) is 44.9 Å². The van der Waals surface area contributed by atoms with Gasteiger partial charge in [-0.1, -0.05) is 19.3 Å². The van der Waals surface area contributed by atoms with Gasteiger partial charge in [0, 0.05) is 18.5 Å². The van der Waals surface area contributed by atoms with E-state index >= 15 is 0 Å². The number of amides is 1. The van der Waals surface area contributed by atoms with Crippen molar-refractivity contribution < 1.29 is 14.3 Å². The molecule has 0 aromatic carbocycles. The van der Waals surface area contributed by atoms with E-state index in [0.717, 1.165) is 25.7 Å². The van der Waals surface area contributed by atoms with Crippen molar-refractivity contribution in [2.45, 2.75) is 57.0 Å². The summed E-state index contributed by atoms with van der Waals surface area (Å²) < 4.78 is 5.45. The molecular formula is C16H26N2O3. The molecule has 1 atom stereocenters. The number of nitrogens with zero attached hydrogens (tertiary/aromatic N) is 1. The van der Waals surface area contributed by atoms with Gasteiger partial charge in [-0.05, 0) is 25.7 Å². The number of carbonyl (C=O) groups is 2. The predicted octanol–water partition coefficient (Wildman–Crippen LogP) is 1.12. The number of ketones is 1. The second-order valence-corrected chi connectivity index (χ2v) is 6.65. The molecule has 0 spiro atoms. The van der Waals surface area contributed by atoms with Crippen LogP contribution in [-0.2, 0) is 14.3 Å². The van der Waals surface area contributed by atoms with E-state index < -0.39 is 0 Å². The van der Waals surface area contributed by atoms with Crippen LogP contribution in [0.15, 0.2) is 0 Å². The number of hydrogen-bond donors (Lipinski definition) is 1. The number of morpholine rings is 1. The highest BCUT2D eigenvalue weighted by molar-refractivity contribution is 5.86. The van der Waals surface area contributed by atoms with Gasteiger partial charge in [-0.15, -0.1) is 0 Å². The Kier molecular flexibility index (Phi) is 4.91. The lowest BCUT2D eigenvalue weighted by molar-refractivity contribution is -0.136. The molecule has 3 aliphatic rings. The van der Waals surface area contributed by atoms with Crippen molar-refractivity contribution in [3.8, 4) is 0 Å². The van der Waals surface area contributed by atoms with Crippen molar-refractivity contribution in [3.05, 3.63) is 0 Å². The molecule has 3 rings (SSSR count). The third-order valence-electron chi connectivity index (χ3n) is 4.89. The lowest BCUT2D eigenvalue weighted by Crippen LogP contribution is -2.55. The molecule has 1 unspecified atom stereocenters. The van der Waals surface area contributed by atoms with Gasteiger partial charge in [0.15, 0.2) is 0 Å². The fraction of sp³-hybridized carbons (Fsp3) is 0.875. The molecule has 0 bridgehead atoms. The molecule has 0 aromatic rings. The number of carbonyl (C=O) groups excluding carboxylic acids is 2. The van der Waals surface area contributed by atoms with E-state index in [1.165, 1.54) is 19.3 Å². The van der Waals surface area contributed by atoms with Crippen molar-refractivity contribution in [3.63, 3.8) is 0 Å². The van der Waals surface area contributed by atoms with E-state index in [2.05, 4.69) is 5.32 Å². The summed E-state index contributed by atoms with van der Waals surface area (Å²) in [6.07, 6.45) is 7.83. The minimum absolute atomic E-state index is 0.0358. The first-order chi connectivity index (χ1) is 10.2. The Hall–Kier alpha value is -0.940. The molecule has 1 aliphatic heterocycles. The van der Waals surface area contributed by atoms with Crippen LogP contribution in [0.25, 0.3) is 0 Å². The van der Waals surface area contributed by atoms with Crippen molar-refractivity contribution in [2.24, 2.45) is 5.92 Å². The monoisotopic (exact) mass is 294 g/mol. The van der Waals surface area contributed by atoms with Crippen molar-refractivity contribution in [1.82, 2.24) is 10.2 Å². The Morgan fingerprint density at radius 1 is 1.10 bits per heavy atom. The lowest BCUT2D eigenvalue weighted by Gasteiger charge is -2.35.